The Morgan fingerprint density at radius 1 is 1.21 bits per heavy atom. The number of carboxylic acids is 1. The number of amides is 2. The predicted octanol–water partition coefficient (Wildman–Crippen LogP) is 4.28. The fraction of sp³-hybridized carbons (Fsp3) is 0.385. The lowest BCUT2D eigenvalue weighted by Crippen LogP contribution is -2.52. The summed E-state index contributed by atoms with van der Waals surface area (Å²) in [5, 5.41) is 11.9. The van der Waals surface area contributed by atoms with Gasteiger partial charge in [0.15, 0.2) is 0 Å². The summed E-state index contributed by atoms with van der Waals surface area (Å²) in [4.78, 5) is 43.4. The summed E-state index contributed by atoms with van der Waals surface area (Å²) in [6.07, 6.45) is 3.82. The fourth-order valence-electron chi connectivity index (χ4n) is 4.85. The molecule has 1 saturated carbocycles. The molecule has 0 radical (unpaired) electrons. The highest BCUT2D eigenvalue weighted by molar-refractivity contribution is 6.47. The number of nitrogens with one attached hydrogen (secondary N) is 1. The first-order valence-electron chi connectivity index (χ1n) is 11.6. The third-order valence-electron chi connectivity index (χ3n) is 6.72. The third kappa shape index (κ3) is 4.85. The molecule has 1 heterocycles. The number of aliphatic carboxylic acids is 1. The van der Waals surface area contributed by atoms with Crippen LogP contribution >= 0.6 is 11.6 Å². The first-order chi connectivity index (χ1) is 16.3. The van der Waals surface area contributed by atoms with Crippen molar-refractivity contribution in [1.29, 1.82) is 0 Å². The molecule has 2 N–H and O–H groups in total. The van der Waals surface area contributed by atoms with Gasteiger partial charge in [0.05, 0.1) is 6.42 Å². The number of hydrogen-bond donors (Lipinski definition) is 2. The summed E-state index contributed by atoms with van der Waals surface area (Å²) in [5.41, 5.74) is 1.93. The van der Waals surface area contributed by atoms with Crippen LogP contribution in [0.1, 0.15) is 60.5 Å². The smallest absolute Gasteiger partial charge is 0.305 e. The average molecular weight is 482 g/mol. The van der Waals surface area contributed by atoms with Gasteiger partial charge in [0.2, 0.25) is 0 Å². The van der Waals surface area contributed by atoms with E-state index in [0.717, 1.165) is 36.8 Å². The van der Waals surface area contributed by atoms with Crippen molar-refractivity contribution < 1.29 is 19.5 Å². The van der Waals surface area contributed by atoms with Gasteiger partial charge < -0.3 is 15.3 Å². The molecule has 1 aliphatic carbocycles. The predicted molar refractivity (Wildman–Crippen MR) is 130 cm³/mol. The van der Waals surface area contributed by atoms with Crippen molar-refractivity contribution in [1.82, 2.24) is 10.2 Å². The third-order valence-corrected chi connectivity index (χ3v) is 6.96. The minimum atomic E-state index is -0.962. The van der Waals surface area contributed by atoms with Gasteiger partial charge in [-0.05, 0) is 55.0 Å². The van der Waals surface area contributed by atoms with Crippen molar-refractivity contribution in [3.63, 3.8) is 0 Å². The minimum Gasteiger partial charge on any atom is -0.481 e. The Morgan fingerprint density at radius 2 is 1.97 bits per heavy atom. The summed E-state index contributed by atoms with van der Waals surface area (Å²) in [6.45, 7) is 2.62. The highest BCUT2D eigenvalue weighted by Gasteiger charge is 2.51. The molecule has 7 nitrogen and oxygen atoms in total. The summed E-state index contributed by atoms with van der Waals surface area (Å²) in [7, 11) is 0. The molecule has 4 rings (SSSR count). The molecule has 2 aromatic carbocycles. The standard InChI is InChI=1S/C26H28ClN3O4/c1-17-5-2-3-13-26(17)29-23(20-6-4-7-21(27)15-20)25(34)30(26)16-18-8-10-19(11-9-18)24(33)28-14-12-22(31)32/h4,6-11,15,17H,2-3,5,12-14,16H2,1H3,(H,28,33)(H,31,32). The number of carbonyl (C=O) groups excluding carboxylic acids is 2. The van der Waals surface area contributed by atoms with Gasteiger partial charge in [0.25, 0.3) is 11.8 Å². The van der Waals surface area contributed by atoms with E-state index in [1.807, 2.05) is 29.2 Å². The fourth-order valence-corrected chi connectivity index (χ4v) is 5.04. The van der Waals surface area contributed by atoms with Gasteiger partial charge in [-0.3, -0.25) is 19.4 Å². The molecule has 178 valence electrons. The highest BCUT2D eigenvalue weighted by Crippen LogP contribution is 2.44. The zero-order valence-electron chi connectivity index (χ0n) is 19.1. The summed E-state index contributed by atoms with van der Waals surface area (Å²) in [5.74, 6) is -1.17. The quantitative estimate of drug-likeness (QED) is 0.616. The van der Waals surface area contributed by atoms with E-state index in [0.29, 0.717) is 22.8 Å². The second-order valence-electron chi connectivity index (χ2n) is 8.98. The van der Waals surface area contributed by atoms with Crippen molar-refractivity contribution in [2.75, 3.05) is 6.54 Å². The lowest BCUT2D eigenvalue weighted by molar-refractivity contribution is -0.137. The zero-order valence-corrected chi connectivity index (χ0v) is 19.8. The maximum absolute atomic E-state index is 13.6. The van der Waals surface area contributed by atoms with Crippen LogP contribution in [0.5, 0.6) is 0 Å². The number of halogens is 1. The number of hydrogen-bond acceptors (Lipinski definition) is 4. The molecule has 0 aromatic heterocycles. The molecule has 2 unspecified atom stereocenters. The molecule has 1 fully saturated rings. The molecule has 2 atom stereocenters. The normalized spacial score (nSPS) is 22.1. The van der Waals surface area contributed by atoms with E-state index < -0.39 is 11.6 Å². The monoisotopic (exact) mass is 481 g/mol. The van der Waals surface area contributed by atoms with E-state index in [4.69, 9.17) is 21.7 Å². The van der Waals surface area contributed by atoms with Crippen LogP contribution < -0.4 is 5.32 Å². The van der Waals surface area contributed by atoms with Crippen LogP contribution in [0.2, 0.25) is 5.02 Å². The second-order valence-corrected chi connectivity index (χ2v) is 9.42. The van der Waals surface area contributed by atoms with Crippen molar-refractivity contribution >= 4 is 35.1 Å². The van der Waals surface area contributed by atoms with Crippen LogP contribution in [0.25, 0.3) is 0 Å². The largest absolute Gasteiger partial charge is 0.481 e. The Balaban J connectivity index is 1.56. The van der Waals surface area contributed by atoms with E-state index in [-0.39, 0.29) is 30.7 Å². The van der Waals surface area contributed by atoms with Crippen molar-refractivity contribution in [3.8, 4) is 0 Å². The van der Waals surface area contributed by atoms with Gasteiger partial charge in [-0.2, -0.15) is 0 Å². The van der Waals surface area contributed by atoms with E-state index in [2.05, 4.69) is 12.2 Å². The Bertz CT molecular complexity index is 1130. The lowest BCUT2D eigenvalue weighted by Gasteiger charge is -2.44. The van der Waals surface area contributed by atoms with Gasteiger partial charge in [0.1, 0.15) is 11.4 Å². The second kappa shape index (κ2) is 9.97. The molecular weight excluding hydrogens is 454 g/mol. The molecule has 1 spiro atoms. The summed E-state index contributed by atoms with van der Waals surface area (Å²) in [6, 6.07) is 14.3. The first-order valence-corrected chi connectivity index (χ1v) is 11.9. The van der Waals surface area contributed by atoms with Gasteiger partial charge in [-0.1, -0.05) is 49.2 Å². The van der Waals surface area contributed by atoms with Crippen LogP contribution in [0.4, 0.5) is 0 Å². The molecular formula is C26H28ClN3O4. The molecule has 1 aliphatic heterocycles. The van der Waals surface area contributed by atoms with Crippen molar-refractivity contribution in [2.24, 2.45) is 10.9 Å². The maximum atomic E-state index is 13.6. The Labute approximate surface area is 203 Å². The first kappa shape index (κ1) is 24.0. The summed E-state index contributed by atoms with van der Waals surface area (Å²) < 4.78 is 0. The lowest BCUT2D eigenvalue weighted by atomic mass is 9.79. The molecule has 0 bridgehead atoms. The van der Waals surface area contributed by atoms with Gasteiger partial charge in [-0.15, -0.1) is 0 Å². The van der Waals surface area contributed by atoms with Gasteiger partial charge in [0, 0.05) is 29.2 Å². The molecule has 8 heteroatoms. The van der Waals surface area contributed by atoms with Crippen molar-refractivity contribution in [2.45, 2.75) is 51.2 Å². The number of carbonyl (C=O) groups is 3. The number of rotatable bonds is 7. The maximum Gasteiger partial charge on any atom is 0.305 e. The number of nitrogens with zero attached hydrogens (tertiary/aromatic N) is 2. The van der Waals surface area contributed by atoms with E-state index in [1.54, 1.807) is 24.3 Å². The number of carboxylic acid groups (broad SMARTS) is 1. The highest BCUT2D eigenvalue weighted by atomic mass is 35.5. The molecule has 2 aromatic rings. The Kier molecular flexibility index (Phi) is 7.03. The van der Waals surface area contributed by atoms with E-state index in [1.165, 1.54) is 0 Å². The molecule has 34 heavy (non-hydrogen) atoms. The van der Waals surface area contributed by atoms with Crippen LogP contribution in [0.15, 0.2) is 53.5 Å². The van der Waals surface area contributed by atoms with E-state index >= 15 is 0 Å². The molecule has 0 saturated heterocycles. The van der Waals surface area contributed by atoms with Crippen LogP contribution in [-0.4, -0.2) is 45.7 Å². The summed E-state index contributed by atoms with van der Waals surface area (Å²) >= 11 is 6.19. The van der Waals surface area contributed by atoms with Crippen molar-refractivity contribution in [3.05, 3.63) is 70.2 Å². The van der Waals surface area contributed by atoms with Crippen LogP contribution in [0, 0.1) is 5.92 Å². The van der Waals surface area contributed by atoms with E-state index in [9.17, 15) is 14.4 Å². The molecule has 2 aliphatic rings. The Hall–Kier alpha value is -3.19. The number of benzene rings is 2. The number of aliphatic imine (C=N–C) groups is 1. The SMILES string of the molecule is CC1CCCCC12N=C(c1cccc(Cl)c1)C(=O)N2Cc1ccc(C(=O)NCCC(=O)O)cc1. The van der Waals surface area contributed by atoms with Crippen LogP contribution in [-0.2, 0) is 16.1 Å². The van der Waals surface area contributed by atoms with Gasteiger partial charge >= 0.3 is 5.97 Å². The topological polar surface area (TPSA) is 99.1 Å². The Morgan fingerprint density at radius 3 is 2.65 bits per heavy atom. The average Bonchev–Trinajstić information content (AvgIpc) is 3.08. The zero-order chi connectivity index (χ0) is 24.3. The van der Waals surface area contributed by atoms with Gasteiger partial charge in [-0.25, -0.2) is 0 Å². The minimum absolute atomic E-state index is 0.0717. The molecule has 2 amide bonds. The van der Waals surface area contributed by atoms with Crippen LogP contribution in [0.3, 0.4) is 0 Å².